The van der Waals surface area contributed by atoms with Gasteiger partial charge in [-0.25, -0.2) is 5.43 Å². The first kappa shape index (κ1) is 16.2. The molecule has 0 aliphatic heterocycles. The smallest absolute Gasteiger partial charge is 0.271 e. The highest BCUT2D eigenvalue weighted by molar-refractivity contribution is 9.10. The van der Waals surface area contributed by atoms with Crippen LogP contribution in [0, 0.1) is 0 Å². The van der Waals surface area contributed by atoms with E-state index in [1.165, 1.54) is 0 Å². The van der Waals surface area contributed by atoms with E-state index in [9.17, 15) is 4.79 Å². The van der Waals surface area contributed by atoms with Crippen LogP contribution in [0.15, 0.2) is 82.6 Å². The number of hydrogen-bond donors (Lipinski definition) is 1. The van der Waals surface area contributed by atoms with Crippen molar-refractivity contribution < 1.29 is 4.79 Å². The first-order chi connectivity index (χ1) is 11.6. The van der Waals surface area contributed by atoms with Crippen LogP contribution < -0.4 is 5.43 Å². The van der Waals surface area contributed by atoms with Gasteiger partial charge in [0.25, 0.3) is 5.91 Å². The SMILES string of the molecule is C/C(=N\NC(=O)c1ccc(Br)cc1)c1ccc(-n2cccc2)cc1. The molecule has 0 unspecified atom stereocenters. The molecule has 4 nitrogen and oxygen atoms in total. The second-order valence-electron chi connectivity index (χ2n) is 5.28. The average Bonchev–Trinajstić information content (AvgIpc) is 3.15. The molecule has 24 heavy (non-hydrogen) atoms. The zero-order valence-corrected chi connectivity index (χ0v) is 14.7. The molecule has 0 saturated carbocycles. The van der Waals surface area contributed by atoms with Crippen LogP contribution in [0.3, 0.4) is 0 Å². The van der Waals surface area contributed by atoms with Crippen molar-refractivity contribution in [1.29, 1.82) is 0 Å². The van der Waals surface area contributed by atoms with Crippen LogP contribution in [0.5, 0.6) is 0 Å². The van der Waals surface area contributed by atoms with Gasteiger partial charge in [-0.15, -0.1) is 0 Å². The monoisotopic (exact) mass is 381 g/mol. The maximum Gasteiger partial charge on any atom is 0.271 e. The average molecular weight is 382 g/mol. The Hall–Kier alpha value is -2.66. The van der Waals surface area contributed by atoms with E-state index in [2.05, 4.69) is 26.5 Å². The Labute approximate surface area is 149 Å². The van der Waals surface area contributed by atoms with E-state index in [1.807, 2.05) is 72.4 Å². The van der Waals surface area contributed by atoms with E-state index in [0.717, 1.165) is 21.4 Å². The van der Waals surface area contributed by atoms with Crippen molar-refractivity contribution in [2.45, 2.75) is 6.92 Å². The predicted octanol–water partition coefficient (Wildman–Crippen LogP) is 4.39. The molecule has 3 aromatic rings. The molecule has 0 fully saturated rings. The second kappa shape index (κ2) is 7.27. The van der Waals surface area contributed by atoms with E-state index in [4.69, 9.17) is 0 Å². The van der Waals surface area contributed by atoms with Crippen LogP contribution in [-0.2, 0) is 0 Å². The number of halogens is 1. The molecule has 0 radical (unpaired) electrons. The lowest BCUT2D eigenvalue weighted by Crippen LogP contribution is -2.19. The molecular weight excluding hydrogens is 366 g/mol. The van der Waals surface area contributed by atoms with Gasteiger partial charge in [-0.1, -0.05) is 28.1 Å². The summed E-state index contributed by atoms with van der Waals surface area (Å²) in [6.07, 6.45) is 3.99. The number of carbonyl (C=O) groups excluding carboxylic acids is 1. The van der Waals surface area contributed by atoms with Gasteiger partial charge in [0.05, 0.1) is 5.71 Å². The zero-order valence-electron chi connectivity index (χ0n) is 13.1. The molecule has 1 amide bonds. The third-order valence-corrected chi connectivity index (χ3v) is 4.15. The summed E-state index contributed by atoms with van der Waals surface area (Å²) in [4.78, 5) is 12.1. The fraction of sp³-hybridized carbons (Fsp3) is 0.0526. The number of benzene rings is 2. The quantitative estimate of drug-likeness (QED) is 0.528. The molecule has 0 aliphatic rings. The summed E-state index contributed by atoms with van der Waals surface area (Å²) in [5.41, 5.74) is 5.94. The Bertz CT molecular complexity index is 851. The highest BCUT2D eigenvalue weighted by atomic mass is 79.9. The van der Waals surface area contributed by atoms with Crippen LogP contribution in [0.1, 0.15) is 22.8 Å². The van der Waals surface area contributed by atoms with Crippen molar-refractivity contribution in [2.75, 3.05) is 0 Å². The number of hydrogen-bond acceptors (Lipinski definition) is 2. The Morgan fingerprint density at radius 1 is 0.958 bits per heavy atom. The maximum atomic E-state index is 12.1. The minimum absolute atomic E-state index is 0.231. The molecular formula is C19H16BrN3O. The van der Waals surface area contributed by atoms with E-state index < -0.39 is 0 Å². The molecule has 0 spiro atoms. The van der Waals surface area contributed by atoms with Crippen molar-refractivity contribution in [3.63, 3.8) is 0 Å². The lowest BCUT2D eigenvalue weighted by Gasteiger charge is -2.06. The zero-order chi connectivity index (χ0) is 16.9. The van der Waals surface area contributed by atoms with Crippen molar-refractivity contribution >= 4 is 27.5 Å². The molecule has 5 heteroatoms. The topological polar surface area (TPSA) is 46.4 Å². The minimum atomic E-state index is -0.231. The highest BCUT2D eigenvalue weighted by Gasteiger charge is 2.05. The van der Waals surface area contributed by atoms with Gasteiger partial charge in [-0.2, -0.15) is 5.10 Å². The van der Waals surface area contributed by atoms with Crippen LogP contribution in [0.4, 0.5) is 0 Å². The van der Waals surface area contributed by atoms with Crippen LogP contribution in [0.25, 0.3) is 5.69 Å². The predicted molar refractivity (Wildman–Crippen MR) is 99.6 cm³/mol. The lowest BCUT2D eigenvalue weighted by atomic mass is 10.1. The van der Waals surface area contributed by atoms with Gasteiger partial charge in [0.1, 0.15) is 0 Å². The number of carbonyl (C=O) groups is 1. The van der Waals surface area contributed by atoms with Gasteiger partial charge in [-0.3, -0.25) is 4.79 Å². The molecule has 0 atom stereocenters. The molecule has 2 aromatic carbocycles. The van der Waals surface area contributed by atoms with E-state index in [0.29, 0.717) is 5.56 Å². The number of aromatic nitrogens is 1. The highest BCUT2D eigenvalue weighted by Crippen LogP contribution is 2.12. The van der Waals surface area contributed by atoms with Crippen LogP contribution in [0.2, 0.25) is 0 Å². The number of hydrazone groups is 1. The second-order valence-corrected chi connectivity index (χ2v) is 6.20. The molecule has 1 N–H and O–H groups in total. The van der Waals surface area contributed by atoms with Crippen molar-refractivity contribution in [3.05, 3.63) is 88.7 Å². The third kappa shape index (κ3) is 3.81. The van der Waals surface area contributed by atoms with Gasteiger partial charge in [0, 0.05) is 28.1 Å². The van der Waals surface area contributed by atoms with Gasteiger partial charge in [0.15, 0.2) is 0 Å². The van der Waals surface area contributed by atoms with Crippen molar-refractivity contribution in [3.8, 4) is 5.69 Å². The third-order valence-electron chi connectivity index (χ3n) is 3.62. The molecule has 1 aromatic heterocycles. The van der Waals surface area contributed by atoms with E-state index in [-0.39, 0.29) is 5.91 Å². The Kier molecular flexibility index (Phi) is 4.91. The first-order valence-corrected chi connectivity index (χ1v) is 8.27. The number of nitrogens with zero attached hydrogens (tertiary/aromatic N) is 2. The fourth-order valence-electron chi connectivity index (χ4n) is 2.25. The first-order valence-electron chi connectivity index (χ1n) is 7.47. The Morgan fingerprint density at radius 2 is 1.54 bits per heavy atom. The number of amides is 1. The van der Waals surface area contributed by atoms with Crippen LogP contribution in [-0.4, -0.2) is 16.2 Å². The molecule has 120 valence electrons. The number of nitrogens with one attached hydrogen (secondary N) is 1. The van der Waals surface area contributed by atoms with Crippen molar-refractivity contribution in [2.24, 2.45) is 5.10 Å². The van der Waals surface area contributed by atoms with E-state index in [1.54, 1.807) is 12.1 Å². The van der Waals surface area contributed by atoms with Gasteiger partial charge in [-0.05, 0) is 61.0 Å². The molecule has 3 rings (SSSR count). The summed E-state index contributed by atoms with van der Waals surface area (Å²) in [6, 6.07) is 19.1. The molecule has 0 aliphatic carbocycles. The van der Waals surface area contributed by atoms with Crippen LogP contribution >= 0.6 is 15.9 Å². The normalized spacial score (nSPS) is 11.3. The summed E-state index contributed by atoms with van der Waals surface area (Å²) < 4.78 is 2.97. The fourth-order valence-corrected chi connectivity index (χ4v) is 2.51. The summed E-state index contributed by atoms with van der Waals surface area (Å²) in [5, 5.41) is 4.18. The number of rotatable bonds is 4. The summed E-state index contributed by atoms with van der Waals surface area (Å²) >= 11 is 3.35. The van der Waals surface area contributed by atoms with Gasteiger partial charge in [0.2, 0.25) is 0 Å². The minimum Gasteiger partial charge on any atom is -0.324 e. The lowest BCUT2D eigenvalue weighted by molar-refractivity contribution is 0.0955. The van der Waals surface area contributed by atoms with Gasteiger partial charge >= 0.3 is 0 Å². The van der Waals surface area contributed by atoms with Crippen molar-refractivity contribution in [1.82, 2.24) is 9.99 Å². The Balaban J connectivity index is 1.69. The maximum absolute atomic E-state index is 12.1. The standard InChI is InChI=1S/C19H16BrN3O/c1-14(21-22-19(24)16-4-8-17(20)9-5-16)15-6-10-18(11-7-15)23-12-2-3-13-23/h2-13H,1H3,(H,22,24)/b21-14+. The summed E-state index contributed by atoms with van der Waals surface area (Å²) in [6.45, 7) is 1.87. The van der Waals surface area contributed by atoms with Gasteiger partial charge < -0.3 is 4.57 Å². The summed E-state index contributed by atoms with van der Waals surface area (Å²) in [7, 11) is 0. The Morgan fingerprint density at radius 3 is 2.17 bits per heavy atom. The largest absolute Gasteiger partial charge is 0.324 e. The summed E-state index contributed by atoms with van der Waals surface area (Å²) in [5.74, 6) is -0.231. The van der Waals surface area contributed by atoms with E-state index >= 15 is 0 Å². The molecule has 0 bridgehead atoms. The molecule has 1 heterocycles. The molecule has 0 saturated heterocycles.